The summed E-state index contributed by atoms with van der Waals surface area (Å²) in [5.74, 6) is 1.50. The number of carbonyl (C=O) groups is 1. The molecule has 1 aliphatic carbocycles. The topological polar surface area (TPSA) is 41.6 Å². The molecule has 0 bridgehead atoms. The Labute approximate surface area is 115 Å². The maximum Gasteiger partial charge on any atom is 0.244 e. The largest absolute Gasteiger partial charge is 0.381 e. The molecule has 1 spiro atoms. The van der Waals surface area contributed by atoms with Crippen LogP contribution in [0, 0.1) is 11.8 Å². The Kier molecular flexibility index (Phi) is 3.56. The fourth-order valence-electron chi connectivity index (χ4n) is 3.43. The summed E-state index contributed by atoms with van der Waals surface area (Å²) in [6, 6.07) is 0. The number of ether oxygens (including phenoxy) is 1. The monoisotopic (exact) mass is 266 g/mol. The van der Waals surface area contributed by atoms with E-state index in [2.05, 4.69) is 24.1 Å². The van der Waals surface area contributed by atoms with Crippen molar-refractivity contribution in [1.82, 2.24) is 10.2 Å². The standard InChI is InChI=1S/C15H26N2O2/c1-11(2)8-13-16-15(5-6-15)14(18)17(13)9-12-4-3-7-19-10-12/h11-13,16H,3-10H2,1-2H3. The lowest BCUT2D eigenvalue weighted by atomic mass is 10.0. The molecule has 4 nitrogen and oxygen atoms in total. The fraction of sp³-hybridized carbons (Fsp3) is 0.933. The van der Waals surface area contributed by atoms with Gasteiger partial charge < -0.3 is 9.64 Å². The minimum absolute atomic E-state index is 0.172. The first kappa shape index (κ1) is 13.4. The molecule has 2 unspecified atom stereocenters. The Morgan fingerprint density at radius 1 is 1.47 bits per heavy atom. The van der Waals surface area contributed by atoms with E-state index in [4.69, 9.17) is 4.74 Å². The molecule has 19 heavy (non-hydrogen) atoms. The summed E-state index contributed by atoms with van der Waals surface area (Å²) in [4.78, 5) is 14.7. The second-order valence-electron chi connectivity index (χ2n) is 6.91. The lowest BCUT2D eigenvalue weighted by molar-refractivity contribution is -0.132. The summed E-state index contributed by atoms with van der Waals surface area (Å²) < 4.78 is 5.55. The van der Waals surface area contributed by atoms with Crippen molar-refractivity contribution < 1.29 is 9.53 Å². The van der Waals surface area contributed by atoms with E-state index in [-0.39, 0.29) is 11.7 Å². The molecule has 1 amide bonds. The van der Waals surface area contributed by atoms with Gasteiger partial charge in [0, 0.05) is 19.1 Å². The molecule has 2 aliphatic heterocycles. The van der Waals surface area contributed by atoms with Crippen molar-refractivity contribution in [3.05, 3.63) is 0 Å². The Morgan fingerprint density at radius 3 is 2.84 bits per heavy atom. The molecule has 2 heterocycles. The van der Waals surface area contributed by atoms with Gasteiger partial charge in [0.15, 0.2) is 0 Å². The first-order valence-electron chi connectivity index (χ1n) is 7.77. The van der Waals surface area contributed by atoms with Crippen LogP contribution in [0.4, 0.5) is 0 Å². The minimum Gasteiger partial charge on any atom is -0.381 e. The third-order valence-corrected chi connectivity index (χ3v) is 4.64. The van der Waals surface area contributed by atoms with Crippen molar-refractivity contribution in [1.29, 1.82) is 0 Å². The van der Waals surface area contributed by atoms with Gasteiger partial charge in [-0.3, -0.25) is 10.1 Å². The summed E-state index contributed by atoms with van der Waals surface area (Å²) in [6.07, 6.45) is 5.69. The van der Waals surface area contributed by atoms with E-state index in [0.29, 0.717) is 17.7 Å². The van der Waals surface area contributed by atoms with Crippen LogP contribution >= 0.6 is 0 Å². The zero-order chi connectivity index (χ0) is 13.5. The van der Waals surface area contributed by atoms with Crippen molar-refractivity contribution in [3.8, 4) is 0 Å². The SMILES string of the molecule is CC(C)CC1NC2(CC2)C(=O)N1CC1CCCOC1. The second-order valence-corrected chi connectivity index (χ2v) is 6.91. The van der Waals surface area contributed by atoms with E-state index in [9.17, 15) is 4.79 Å². The second kappa shape index (κ2) is 5.06. The number of nitrogens with zero attached hydrogens (tertiary/aromatic N) is 1. The number of hydrogen-bond acceptors (Lipinski definition) is 3. The van der Waals surface area contributed by atoms with Crippen LogP contribution in [0.15, 0.2) is 0 Å². The van der Waals surface area contributed by atoms with Gasteiger partial charge in [-0.25, -0.2) is 0 Å². The maximum atomic E-state index is 12.6. The van der Waals surface area contributed by atoms with Gasteiger partial charge in [0.05, 0.1) is 18.3 Å². The number of carbonyl (C=O) groups excluding carboxylic acids is 1. The van der Waals surface area contributed by atoms with Gasteiger partial charge >= 0.3 is 0 Å². The molecule has 3 rings (SSSR count). The third kappa shape index (κ3) is 2.65. The highest BCUT2D eigenvalue weighted by Gasteiger charge is 2.59. The molecule has 108 valence electrons. The molecule has 1 N–H and O–H groups in total. The molecule has 0 radical (unpaired) electrons. The van der Waals surface area contributed by atoms with E-state index >= 15 is 0 Å². The molecule has 2 saturated heterocycles. The first-order chi connectivity index (χ1) is 9.11. The van der Waals surface area contributed by atoms with Crippen LogP contribution in [-0.4, -0.2) is 42.3 Å². The Bertz CT molecular complexity index is 346. The maximum absolute atomic E-state index is 12.6. The zero-order valence-electron chi connectivity index (χ0n) is 12.2. The van der Waals surface area contributed by atoms with Crippen LogP contribution in [0.1, 0.15) is 46.0 Å². The lowest BCUT2D eigenvalue weighted by Crippen LogP contribution is -2.42. The van der Waals surface area contributed by atoms with Gasteiger partial charge in [0.25, 0.3) is 0 Å². The van der Waals surface area contributed by atoms with Crippen molar-refractivity contribution in [2.75, 3.05) is 19.8 Å². The predicted octanol–water partition coefficient (Wildman–Crippen LogP) is 1.75. The van der Waals surface area contributed by atoms with Gasteiger partial charge in [-0.1, -0.05) is 13.8 Å². The number of hydrogen-bond donors (Lipinski definition) is 1. The number of rotatable bonds is 4. The van der Waals surface area contributed by atoms with Crippen molar-refractivity contribution in [2.45, 2.75) is 57.7 Å². The average molecular weight is 266 g/mol. The average Bonchev–Trinajstić information content (AvgIpc) is 3.11. The van der Waals surface area contributed by atoms with E-state index < -0.39 is 0 Å². The highest BCUT2D eigenvalue weighted by molar-refractivity contribution is 5.91. The smallest absolute Gasteiger partial charge is 0.244 e. The fourth-order valence-corrected chi connectivity index (χ4v) is 3.43. The normalized spacial score (nSPS) is 33.4. The van der Waals surface area contributed by atoms with E-state index in [1.807, 2.05) is 0 Å². The Morgan fingerprint density at radius 2 is 2.26 bits per heavy atom. The third-order valence-electron chi connectivity index (χ3n) is 4.64. The van der Waals surface area contributed by atoms with Gasteiger partial charge in [0.2, 0.25) is 5.91 Å². The molecule has 3 aliphatic rings. The minimum atomic E-state index is -0.172. The highest BCUT2D eigenvalue weighted by Crippen LogP contribution is 2.43. The van der Waals surface area contributed by atoms with Crippen LogP contribution in [0.25, 0.3) is 0 Å². The van der Waals surface area contributed by atoms with Crippen molar-refractivity contribution in [2.24, 2.45) is 11.8 Å². The molecular formula is C15H26N2O2. The summed E-state index contributed by atoms with van der Waals surface area (Å²) in [5, 5.41) is 3.60. The summed E-state index contributed by atoms with van der Waals surface area (Å²) in [7, 11) is 0. The summed E-state index contributed by atoms with van der Waals surface area (Å²) in [5.41, 5.74) is -0.172. The molecule has 3 fully saturated rings. The van der Waals surface area contributed by atoms with Gasteiger partial charge in [-0.2, -0.15) is 0 Å². The van der Waals surface area contributed by atoms with E-state index in [0.717, 1.165) is 45.4 Å². The van der Waals surface area contributed by atoms with Gasteiger partial charge in [0.1, 0.15) is 0 Å². The van der Waals surface area contributed by atoms with Crippen LogP contribution in [0.5, 0.6) is 0 Å². The van der Waals surface area contributed by atoms with E-state index in [1.54, 1.807) is 0 Å². The first-order valence-corrected chi connectivity index (χ1v) is 7.77. The van der Waals surface area contributed by atoms with Crippen LogP contribution in [0.2, 0.25) is 0 Å². The van der Waals surface area contributed by atoms with Crippen LogP contribution in [0.3, 0.4) is 0 Å². The molecule has 0 aromatic heterocycles. The van der Waals surface area contributed by atoms with Crippen molar-refractivity contribution in [3.63, 3.8) is 0 Å². The predicted molar refractivity (Wildman–Crippen MR) is 73.6 cm³/mol. The molecule has 1 saturated carbocycles. The molecule has 2 atom stereocenters. The molecule has 4 heteroatoms. The Hall–Kier alpha value is -0.610. The van der Waals surface area contributed by atoms with Crippen LogP contribution in [-0.2, 0) is 9.53 Å². The molecule has 0 aromatic rings. The number of amides is 1. The quantitative estimate of drug-likeness (QED) is 0.843. The Balaban J connectivity index is 1.66. The van der Waals surface area contributed by atoms with Gasteiger partial charge in [-0.15, -0.1) is 0 Å². The van der Waals surface area contributed by atoms with Crippen molar-refractivity contribution >= 4 is 5.91 Å². The molecular weight excluding hydrogens is 240 g/mol. The zero-order valence-corrected chi connectivity index (χ0v) is 12.2. The molecule has 0 aromatic carbocycles. The summed E-state index contributed by atoms with van der Waals surface area (Å²) in [6.45, 7) is 7.05. The van der Waals surface area contributed by atoms with Crippen LogP contribution < -0.4 is 5.32 Å². The number of nitrogens with one attached hydrogen (secondary N) is 1. The lowest BCUT2D eigenvalue weighted by Gasteiger charge is -2.31. The van der Waals surface area contributed by atoms with E-state index in [1.165, 1.54) is 6.42 Å². The van der Waals surface area contributed by atoms with Gasteiger partial charge in [-0.05, 0) is 38.0 Å². The summed E-state index contributed by atoms with van der Waals surface area (Å²) >= 11 is 0. The highest BCUT2D eigenvalue weighted by atomic mass is 16.5.